The number of halogens is 2. The van der Waals surface area contributed by atoms with E-state index in [2.05, 4.69) is 15.4 Å². The second-order valence-corrected chi connectivity index (χ2v) is 10.1. The van der Waals surface area contributed by atoms with Crippen molar-refractivity contribution in [3.05, 3.63) is 64.0 Å². The molecule has 11 nitrogen and oxygen atoms in total. The number of ether oxygens (including phenoxy) is 1. The molecule has 212 valence electrons. The zero-order valence-electron chi connectivity index (χ0n) is 21.4. The van der Waals surface area contributed by atoms with Crippen molar-refractivity contribution >= 4 is 17.3 Å². The Labute approximate surface area is 227 Å². The molecule has 0 unspecified atom stereocenters. The van der Waals surface area contributed by atoms with E-state index in [0.29, 0.717) is 38.8 Å². The SMILES string of the molecule is O=C(Nc1c(Oc2ccc([N+](=O)[O-])cc2)cc(O)c(C2CCN(C3CCC(F)(F)CC3)CC2)c1O)c1ccno1. The number of nitrogens with zero attached hydrogens (tertiary/aromatic N) is 3. The van der Waals surface area contributed by atoms with Gasteiger partial charge in [-0.1, -0.05) is 5.16 Å². The number of carbonyl (C=O) groups excluding carboxylic acids is 1. The predicted molar refractivity (Wildman–Crippen MR) is 138 cm³/mol. The van der Waals surface area contributed by atoms with Crippen LogP contribution in [0.3, 0.4) is 0 Å². The van der Waals surface area contributed by atoms with Crippen molar-refractivity contribution in [3.63, 3.8) is 0 Å². The topological polar surface area (TPSA) is 151 Å². The van der Waals surface area contributed by atoms with Crippen LogP contribution >= 0.6 is 0 Å². The Bertz CT molecular complexity index is 1360. The van der Waals surface area contributed by atoms with Crippen molar-refractivity contribution in [2.75, 3.05) is 18.4 Å². The maximum atomic E-state index is 13.6. The first-order valence-corrected chi connectivity index (χ1v) is 13.0. The number of carbonyl (C=O) groups is 1. The fourth-order valence-electron chi connectivity index (χ4n) is 5.46. The molecule has 2 fully saturated rings. The first-order valence-electron chi connectivity index (χ1n) is 13.0. The molecule has 1 aliphatic carbocycles. The number of piperidine rings is 1. The van der Waals surface area contributed by atoms with Gasteiger partial charge in [0.1, 0.15) is 22.9 Å². The highest BCUT2D eigenvalue weighted by atomic mass is 19.3. The number of non-ortho nitro benzene ring substituents is 1. The Kier molecular flexibility index (Phi) is 7.57. The minimum absolute atomic E-state index is 0.0806. The zero-order valence-corrected chi connectivity index (χ0v) is 21.4. The minimum atomic E-state index is -2.60. The third-order valence-electron chi connectivity index (χ3n) is 7.60. The molecule has 2 aromatic carbocycles. The van der Waals surface area contributed by atoms with E-state index < -0.39 is 16.8 Å². The van der Waals surface area contributed by atoms with Crippen molar-refractivity contribution in [2.24, 2.45) is 0 Å². The molecule has 13 heteroatoms. The molecule has 3 aromatic rings. The van der Waals surface area contributed by atoms with Gasteiger partial charge in [0.05, 0.1) is 11.1 Å². The Morgan fingerprint density at radius 2 is 1.80 bits per heavy atom. The summed E-state index contributed by atoms with van der Waals surface area (Å²) < 4.78 is 37.9. The number of alkyl halides is 2. The maximum absolute atomic E-state index is 13.6. The summed E-state index contributed by atoms with van der Waals surface area (Å²) in [6.07, 6.45) is 3.03. The van der Waals surface area contributed by atoms with Gasteiger partial charge in [-0.15, -0.1) is 0 Å². The number of aromatic nitrogens is 1. The lowest BCUT2D eigenvalue weighted by Gasteiger charge is -2.41. The number of anilines is 1. The minimum Gasteiger partial charge on any atom is -0.507 e. The quantitative estimate of drug-likeness (QED) is 0.141. The molecule has 0 bridgehead atoms. The maximum Gasteiger partial charge on any atom is 0.294 e. The van der Waals surface area contributed by atoms with Crippen molar-refractivity contribution in [2.45, 2.75) is 56.4 Å². The van der Waals surface area contributed by atoms with Crippen molar-refractivity contribution in [1.82, 2.24) is 10.1 Å². The van der Waals surface area contributed by atoms with Gasteiger partial charge in [0.25, 0.3) is 11.6 Å². The van der Waals surface area contributed by atoms with Crippen molar-refractivity contribution < 1.29 is 38.0 Å². The summed E-state index contributed by atoms with van der Waals surface area (Å²) in [4.78, 5) is 25.4. The Hall–Kier alpha value is -4.26. The number of phenols is 2. The summed E-state index contributed by atoms with van der Waals surface area (Å²) in [6.45, 7) is 1.22. The molecular weight excluding hydrogens is 530 g/mol. The average molecular weight is 559 g/mol. The Morgan fingerprint density at radius 1 is 1.12 bits per heavy atom. The van der Waals surface area contributed by atoms with Gasteiger partial charge in [0.15, 0.2) is 5.75 Å². The van der Waals surface area contributed by atoms with Gasteiger partial charge in [0, 0.05) is 48.7 Å². The van der Waals surface area contributed by atoms with Gasteiger partial charge >= 0.3 is 0 Å². The number of aromatic hydroxyl groups is 2. The van der Waals surface area contributed by atoms with E-state index in [1.165, 1.54) is 42.6 Å². The second-order valence-electron chi connectivity index (χ2n) is 10.1. The average Bonchev–Trinajstić information content (AvgIpc) is 3.47. The number of rotatable bonds is 7. The highest BCUT2D eigenvalue weighted by molar-refractivity contribution is 6.04. The third-order valence-corrected chi connectivity index (χ3v) is 7.60. The first-order chi connectivity index (χ1) is 19.1. The number of benzene rings is 2. The summed E-state index contributed by atoms with van der Waals surface area (Å²) >= 11 is 0. The Balaban J connectivity index is 1.39. The second kappa shape index (κ2) is 11.1. The number of hydrogen-bond acceptors (Lipinski definition) is 9. The van der Waals surface area contributed by atoms with Gasteiger partial charge < -0.3 is 29.7 Å². The molecule has 3 N–H and O–H groups in total. The van der Waals surface area contributed by atoms with Gasteiger partial charge in [-0.3, -0.25) is 14.9 Å². The summed E-state index contributed by atoms with van der Waals surface area (Å²) in [6, 6.07) is 7.84. The molecular formula is C27H28F2N4O7. The normalized spacial score (nSPS) is 18.4. The summed E-state index contributed by atoms with van der Waals surface area (Å²) in [5.41, 5.74) is -0.0382. The summed E-state index contributed by atoms with van der Waals surface area (Å²) in [5, 5.41) is 39.3. The number of phenolic OH excluding ortho intramolecular Hbond substituents is 2. The van der Waals surface area contributed by atoms with Crippen LogP contribution in [0.4, 0.5) is 20.2 Å². The number of hydrogen-bond donors (Lipinski definition) is 3. The number of nitrogens with one attached hydrogen (secondary N) is 1. The van der Waals surface area contributed by atoms with E-state index in [0.717, 1.165) is 0 Å². The van der Waals surface area contributed by atoms with E-state index in [9.17, 15) is 33.9 Å². The van der Waals surface area contributed by atoms with Crippen LogP contribution in [0.2, 0.25) is 0 Å². The predicted octanol–water partition coefficient (Wildman–Crippen LogP) is 5.80. The fraction of sp³-hybridized carbons (Fsp3) is 0.407. The molecule has 0 spiro atoms. The van der Waals surface area contributed by atoms with Crippen LogP contribution < -0.4 is 10.1 Å². The highest BCUT2D eigenvalue weighted by Gasteiger charge is 2.38. The first kappa shape index (κ1) is 27.3. The van der Waals surface area contributed by atoms with Gasteiger partial charge in [0.2, 0.25) is 11.7 Å². The lowest BCUT2D eigenvalue weighted by molar-refractivity contribution is -0.384. The molecule has 2 heterocycles. The molecule has 0 radical (unpaired) electrons. The number of nitro benzene ring substituents is 1. The van der Waals surface area contributed by atoms with Crippen LogP contribution in [0.1, 0.15) is 60.6 Å². The molecule has 1 saturated carbocycles. The lowest BCUT2D eigenvalue weighted by atomic mass is 9.85. The molecule has 1 aromatic heterocycles. The number of nitro groups is 1. The van der Waals surface area contributed by atoms with Crippen LogP contribution in [0, 0.1) is 10.1 Å². The summed E-state index contributed by atoms with van der Waals surface area (Å²) in [5.74, 6) is -4.28. The standard InChI is InChI=1S/C27H28F2N4O7/c28-27(29)10-5-17(6-11-27)32-13-8-16(9-14-32)23-20(34)15-22(39-19-3-1-18(2-4-19)33(37)38)24(25(23)35)31-26(36)21-7-12-30-40-21/h1-4,7,12,15-17,34-35H,5-6,8-11,13-14H2,(H,31,36). The summed E-state index contributed by atoms with van der Waals surface area (Å²) in [7, 11) is 0. The monoisotopic (exact) mass is 558 g/mol. The fourth-order valence-corrected chi connectivity index (χ4v) is 5.46. The highest BCUT2D eigenvalue weighted by Crippen LogP contribution is 2.49. The van der Waals surface area contributed by atoms with Crippen LogP contribution in [0.25, 0.3) is 0 Å². The van der Waals surface area contributed by atoms with Crippen LogP contribution in [0.15, 0.2) is 47.1 Å². The third kappa shape index (κ3) is 5.83. The van der Waals surface area contributed by atoms with Gasteiger partial charge in [-0.25, -0.2) is 8.78 Å². The number of amides is 1. The molecule has 0 atom stereocenters. The van der Waals surface area contributed by atoms with E-state index in [1.807, 2.05) is 0 Å². The van der Waals surface area contributed by atoms with Crippen LogP contribution in [0.5, 0.6) is 23.0 Å². The molecule has 1 saturated heterocycles. The smallest absolute Gasteiger partial charge is 0.294 e. The van der Waals surface area contributed by atoms with Gasteiger partial charge in [-0.05, 0) is 56.8 Å². The van der Waals surface area contributed by atoms with E-state index in [-0.39, 0.29) is 70.5 Å². The number of likely N-dealkylation sites (tertiary alicyclic amines) is 1. The van der Waals surface area contributed by atoms with E-state index in [4.69, 9.17) is 9.26 Å². The van der Waals surface area contributed by atoms with E-state index >= 15 is 0 Å². The largest absolute Gasteiger partial charge is 0.507 e. The van der Waals surface area contributed by atoms with Crippen molar-refractivity contribution in [3.8, 4) is 23.0 Å². The van der Waals surface area contributed by atoms with Gasteiger partial charge in [-0.2, -0.15) is 0 Å². The zero-order chi connectivity index (χ0) is 28.4. The van der Waals surface area contributed by atoms with Crippen molar-refractivity contribution in [1.29, 1.82) is 0 Å². The van der Waals surface area contributed by atoms with Crippen LogP contribution in [-0.2, 0) is 0 Å². The Morgan fingerprint density at radius 3 is 2.40 bits per heavy atom. The van der Waals surface area contributed by atoms with Crippen LogP contribution in [-0.4, -0.2) is 56.2 Å². The molecule has 40 heavy (non-hydrogen) atoms. The van der Waals surface area contributed by atoms with E-state index in [1.54, 1.807) is 0 Å². The lowest BCUT2D eigenvalue weighted by Crippen LogP contribution is -2.44. The molecule has 1 amide bonds. The molecule has 2 aliphatic rings. The molecule has 5 rings (SSSR count). The molecule has 1 aliphatic heterocycles.